The number of nitrogens with one attached hydrogen (secondary N) is 1. The Balaban J connectivity index is 2.20. The van der Waals surface area contributed by atoms with Crippen LogP contribution in [0, 0.1) is 5.92 Å². The topological polar surface area (TPSA) is 12.0 Å². The summed E-state index contributed by atoms with van der Waals surface area (Å²) >= 11 is 0. The maximum atomic E-state index is 3.49. The van der Waals surface area contributed by atoms with E-state index < -0.39 is 0 Å². The highest BCUT2D eigenvalue weighted by molar-refractivity contribution is 5.23. The molecule has 1 atom stereocenters. The third kappa shape index (κ3) is 0.845. The summed E-state index contributed by atoms with van der Waals surface area (Å²) in [6, 6.07) is 0. The van der Waals surface area contributed by atoms with Crippen LogP contribution in [0.2, 0.25) is 0 Å². The van der Waals surface area contributed by atoms with Gasteiger partial charge in [0.15, 0.2) is 0 Å². The Morgan fingerprint density at radius 3 is 2.90 bits per heavy atom. The second-order valence-electron chi connectivity index (χ2n) is 3.49. The minimum atomic E-state index is 0.829. The number of hydrogen-bond donors (Lipinski definition) is 1. The first-order chi connectivity index (χ1) is 4.88. The standard InChI is InChI=1S/C9H15N/c1-7-6-10-9-5-3-2-4-8(7)9/h7,10H,2-6H2,1H3. The summed E-state index contributed by atoms with van der Waals surface area (Å²) in [6.45, 7) is 3.53. The lowest BCUT2D eigenvalue weighted by Gasteiger charge is -2.14. The molecule has 0 saturated heterocycles. The summed E-state index contributed by atoms with van der Waals surface area (Å²) in [6.07, 6.45) is 5.51. The fourth-order valence-electron chi connectivity index (χ4n) is 2.07. The summed E-state index contributed by atoms with van der Waals surface area (Å²) < 4.78 is 0. The molecule has 0 saturated carbocycles. The van der Waals surface area contributed by atoms with E-state index in [9.17, 15) is 0 Å². The molecule has 1 nitrogen and oxygen atoms in total. The van der Waals surface area contributed by atoms with E-state index in [-0.39, 0.29) is 0 Å². The summed E-state index contributed by atoms with van der Waals surface area (Å²) in [5.74, 6) is 0.829. The van der Waals surface area contributed by atoms with Crippen LogP contribution in [0.5, 0.6) is 0 Å². The van der Waals surface area contributed by atoms with Crippen molar-refractivity contribution in [2.75, 3.05) is 6.54 Å². The van der Waals surface area contributed by atoms with Gasteiger partial charge in [0, 0.05) is 12.2 Å². The molecule has 0 fully saturated rings. The van der Waals surface area contributed by atoms with Crippen LogP contribution in [0.15, 0.2) is 11.3 Å². The zero-order valence-corrected chi connectivity index (χ0v) is 6.61. The Kier molecular flexibility index (Phi) is 1.44. The zero-order valence-electron chi connectivity index (χ0n) is 6.61. The molecule has 2 aliphatic rings. The molecule has 2 rings (SSSR count). The van der Waals surface area contributed by atoms with Crippen LogP contribution in [-0.4, -0.2) is 6.54 Å². The molecule has 1 heterocycles. The van der Waals surface area contributed by atoms with Gasteiger partial charge >= 0.3 is 0 Å². The predicted octanol–water partition coefficient (Wildman–Crippen LogP) is 2.05. The fourth-order valence-corrected chi connectivity index (χ4v) is 2.07. The Morgan fingerprint density at radius 2 is 2.10 bits per heavy atom. The summed E-state index contributed by atoms with van der Waals surface area (Å²) in [5, 5.41) is 3.49. The molecule has 0 amide bonds. The van der Waals surface area contributed by atoms with Gasteiger partial charge in [0.1, 0.15) is 0 Å². The second-order valence-corrected chi connectivity index (χ2v) is 3.49. The zero-order chi connectivity index (χ0) is 6.97. The van der Waals surface area contributed by atoms with Crippen molar-refractivity contribution >= 4 is 0 Å². The van der Waals surface area contributed by atoms with Crippen molar-refractivity contribution in [1.29, 1.82) is 0 Å². The lowest BCUT2D eigenvalue weighted by molar-refractivity contribution is 0.632. The average molecular weight is 137 g/mol. The van der Waals surface area contributed by atoms with Crippen molar-refractivity contribution in [2.24, 2.45) is 5.92 Å². The Bertz CT molecular complexity index is 170. The first kappa shape index (κ1) is 6.26. The fraction of sp³-hybridized carbons (Fsp3) is 0.778. The third-order valence-electron chi connectivity index (χ3n) is 2.73. The minimum Gasteiger partial charge on any atom is -0.388 e. The van der Waals surface area contributed by atoms with Crippen molar-refractivity contribution in [3.05, 3.63) is 11.3 Å². The highest BCUT2D eigenvalue weighted by atomic mass is 14.9. The molecule has 1 aliphatic carbocycles. The van der Waals surface area contributed by atoms with E-state index in [2.05, 4.69) is 12.2 Å². The molecule has 1 aliphatic heterocycles. The Labute approximate surface area is 62.5 Å². The van der Waals surface area contributed by atoms with E-state index in [1.807, 2.05) is 0 Å². The van der Waals surface area contributed by atoms with Crippen molar-refractivity contribution in [1.82, 2.24) is 5.32 Å². The third-order valence-corrected chi connectivity index (χ3v) is 2.73. The Morgan fingerprint density at radius 1 is 1.30 bits per heavy atom. The molecule has 0 aromatic heterocycles. The lowest BCUT2D eigenvalue weighted by Crippen LogP contribution is -2.10. The molecule has 0 bridgehead atoms. The highest BCUT2D eigenvalue weighted by Crippen LogP contribution is 2.32. The van der Waals surface area contributed by atoms with Crippen molar-refractivity contribution in [2.45, 2.75) is 32.6 Å². The van der Waals surface area contributed by atoms with E-state index in [4.69, 9.17) is 0 Å². The molecule has 10 heavy (non-hydrogen) atoms. The van der Waals surface area contributed by atoms with Crippen LogP contribution >= 0.6 is 0 Å². The van der Waals surface area contributed by atoms with E-state index in [1.54, 1.807) is 11.3 Å². The molecule has 56 valence electrons. The number of hydrogen-bond acceptors (Lipinski definition) is 1. The largest absolute Gasteiger partial charge is 0.388 e. The van der Waals surface area contributed by atoms with Gasteiger partial charge in [-0.3, -0.25) is 0 Å². The molecule has 0 aromatic rings. The SMILES string of the molecule is CC1CNC2=C1CCCC2. The molecule has 1 N–H and O–H groups in total. The number of allylic oxidation sites excluding steroid dienone is 1. The summed E-state index contributed by atoms with van der Waals surface area (Å²) in [7, 11) is 0. The van der Waals surface area contributed by atoms with Crippen LogP contribution in [0.25, 0.3) is 0 Å². The molecular formula is C9H15N. The van der Waals surface area contributed by atoms with E-state index in [1.165, 1.54) is 32.2 Å². The van der Waals surface area contributed by atoms with E-state index >= 15 is 0 Å². The summed E-state index contributed by atoms with van der Waals surface area (Å²) in [5.41, 5.74) is 3.31. The van der Waals surface area contributed by atoms with Crippen LogP contribution < -0.4 is 5.32 Å². The van der Waals surface area contributed by atoms with E-state index in [0.717, 1.165) is 5.92 Å². The highest BCUT2D eigenvalue weighted by Gasteiger charge is 2.22. The predicted molar refractivity (Wildman–Crippen MR) is 42.7 cm³/mol. The molecular weight excluding hydrogens is 122 g/mol. The minimum absolute atomic E-state index is 0.829. The normalized spacial score (nSPS) is 31.9. The van der Waals surface area contributed by atoms with Gasteiger partial charge < -0.3 is 5.32 Å². The van der Waals surface area contributed by atoms with E-state index in [0.29, 0.717) is 0 Å². The van der Waals surface area contributed by atoms with Gasteiger partial charge in [-0.2, -0.15) is 0 Å². The van der Waals surface area contributed by atoms with Crippen LogP contribution in [0.1, 0.15) is 32.6 Å². The smallest absolute Gasteiger partial charge is 0.0207 e. The molecule has 0 radical (unpaired) electrons. The monoisotopic (exact) mass is 137 g/mol. The molecule has 1 unspecified atom stereocenters. The van der Waals surface area contributed by atoms with Gasteiger partial charge in [-0.1, -0.05) is 6.92 Å². The van der Waals surface area contributed by atoms with Crippen molar-refractivity contribution in [3.63, 3.8) is 0 Å². The molecule has 1 heteroatoms. The van der Waals surface area contributed by atoms with Crippen LogP contribution in [0.3, 0.4) is 0 Å². The van der Waals surface area contributed by atoms with Crippen LogP contribution in [0.4, 0.5) is 0 Å². The average Bonchev–Trinajstić information content (AvgIpc) is 2.34. The van der Waals surface area contributed by atoms with Crippen molar-refractivity contribution in [3.8, 4) is 0 Å². The quantitative estimate of drug-likeness (QED) is 0.539. The van der Waals surface area contributed by atoms with Gasteiger partial charge in [-0.25, -0.2) is 0 Å². The van der Waals surface area contributed by atoms with Crippen molar-refractivity contribution < 1.29 is 0 Å². The second kappa shape index (κ2) is 2.30. The molecule has 0 aromatic carbocycles. The van der Waals surface area contributed by atoms with Crippen LogP contribution in [-0.2, 0) is 0 Å². The molecule has 0 spiro atoms. The van der Waals surface area contributed by atoms with Gasteiger partial charge in [0.25, 0.3) is 0 Å². The Hall–Kier alpha value is -0.460. The van der Waals surface area contributed by atoms with Gasteiger partial charge in [0.2, 0.25) is 0 Å². The maximum absolute atomic E-state index is 3.49. The van der Waals surface area contributed by atoms with Gasteiger partial charge in [-0.05, 0) is 37.2 Å². The number of rotatable bonds is 0. The first-order valence-corrected chi connectivity index (χ1v) is 4.33. The first-order valence-electron chi connectivity index (χ1n) is 4.33. The van der Waals surface area contributed by atoms with Gasteiger partial charge in [0.05, 0.1) is 0 Å². The van der Waals surface area contributed by atoms with Gasteiger partial charge in [-0.15, -0.1) is 0 Å². The lowest BCUT2D eigenvalue weighted by atomic mass is 9.91. The summed E-state index contributed by atoms with van der Waals surface area (Å²) in [4.78, 5) is 0. The maximum Gasteiger partial charge on any atom is 0.0207 e.